The second-order valence-corrected chi connectivity index (χ2v) is 5.48. The molecule has 3 heterocycles. The average Bonchev–Trinajstić information content (AvgIpc) is 3.34. The number of aromatic nitrogens is 4. The molecule has 0 saturated heterocycles. The van der Waals surface area contributed by atoms with Gasteiger partial charge in [-0.05, 0) is 24.6 Å². The van der Waals surface area contributed by atoms with E-state index in [-0.39, 0.29) is 6.04 Å². The average molecular weight is 333 g/mol. The van der Waals surface area contributed by atoms with Gasteiger partial charge in [0, 0.05) is 24.0 Å². The molecule has 1 N–H and O–H groups in total. The molecule has 0 radical (unpaired) electrons. The number of hydrogen-bond donors (Lipinski definition) is 1. The molecule has 4 aromatic rings. The highest BCUT2D eigenvalue weighted by molar-refractivity contribution is 5.58. The van der Waals surface area contributed by atoms with E-state index in [1.54, 1.807) is 37.0 Å². The molecule has 25 heavy (non-hydrogen) atoms. The molecule has 0 saturated carbocycles. The zero-order chi connectivity index (χ0) is 17.1. The normalized spacial score (nSPS) is 12.0. The van der Waals surface area contributed by atoms with Gasteiger partial charge in [-0.1, -0.05) is 29.4 Å². The molecule has 124 valence electrons. The van der Waals surface area contributed by atoms with Crippen molar-refractivity contribution in [3.05, 3.63) is 66.8 Å². The fraction of sp³-hybridized carbons (Fsp3) is 0.111. The van der Waals surface area contributed by atoms with Crippen LogP contribution < -0.4 is 5.32 Å². The van der Waals surface area contributed by atoms with E-state index in [0.29, 0.717) is 17.5 Å². The number of anilines is 1. The van der Waals surface area contributed by atoms with Crippen LogP contribution in [0.25, 0.3) is 23.0 Å². The molecule has 0 fully saturated rings. The summed E-state index contributed by atoms with van der Waals surface area (Å²) < 4.78 is 10.5. The zero-order valence-electron chi connectivity index (χ0n) is 13.5. The summed E-state index contributed by atoms with van der Waals surface area (Å²) in [6.45, 7) is 2.06. The van der Waals surface area contributed by atoms with Crippen LogP contribution in [0.4, 0.5) is 5.82 Å². The van der Waals surface area contributed by atoms with Crippen molar-refractivity contribution in [1.82, 2.24) is 20.1 Å². The van der Waals surface area contributed by atoms with E-state index >= 15 is 0 Å². The molecule has 0 aliphatic heterocycles. The second-order valence-electron chi connectivity index (χ2n) is 5.48. The zero-order valence-corrected chi connectivity index (χ0v) is 13.5. The summed E-state index contributed by atoms with van der Waals surface area (Å²) >= 11 is 0. The first-order chi connectivity index (χ1) is 12.3. The van der Waals surface area contributed by atoms with E-state index in [4.69, 9.17) is 8.94 Å². The van der Waals surface area contributed by atoms with Gasteiger partial charge in [0.25, 0.3) is 5.89 Å². The highest BCUT2D eigenvalue weighted by Gasteiger charge is 2.13. The van der Waals surface area contributed by atoms with Crippen LogP contribution in [0.2, 0.25) is 0 Å². The minimum absolute atomic E-state index is 0.0923. The van der Waals surface area contributed by atoms with Gasteiger partial charge in [0.15, 0.2) is 5.76 Å². The van der Waals surface area contributed by atoms with Crippen molar-refractivity contribution in [3.8, 4) is 23.0 Å². The SMILES string of the molecule is CC(Nc1cnccn1)c1ccc(-c2noc(-c3ccco3)n2)cc1. The monoisotopic (exact) mass is 333 g/mol. The summed E-state index contributed by atoms with van der Waals surface area (Å²) in [6.07, 6.45) is 6.57. The number of rotatable bonds is 5. The van der Waals surface area contributed by atoms with Crippen LogP contribution in [0.1, 0.15) is 18.5 Å². The van der Waals surface area contributed by atoms with E-state index in [9.17, 15) is 0 Å². The number of benzene rings is 1. The second kappa shape index (κ2) is 6.56. The highest BCUT2D eigenvalue weighted by Crippen LogP contribution is 2.24. The van der Waals surface area contributed by atoms with Crippen LogP contribution in [0.5, 0.6) is 0 Å². The third-order valence-electron chi connectivity index (χ3n) is 3.75. The summed E-state index contributed by atoms with van der Waals surface area (Å²) in [6, 6.07) is 11.6. The molecule has 3 aromatic heterocycles. The predicted molar refractivity (Wildman–Crippen MR) is 91.5 cm³/mol. The third-order valence-corrected chi connectivity index (χ3v) is 3.75. The fourth-order valence-electron chi connectivity index (χ4n) is 2.44. The smallest absolute Gasteiger partial charge is 0.293 e. The molecule has 1 unspecified atom stereocenters. The van der Waals surface area contributed by atoms with Crippen molar-refractivity contribution >= 4 is 5.82 Å². The first-order valence-electron chi connectivity index (χ1n) is 7.80. The summed E-state index contributed by atoms with van der Waals surface area (Å²) in [5.41, 5.74) is 1.99. The van der Waals surface area contributed by atoms with E-state index < -0.39 is 0 Å². The molecule has 0 aliphatic carbocycles. The lowest BCUT2D eigenvalue weighted by atomic mass is 10.1. The maximum atomic E-state index is 5.26. The Balaban J connectivity index is 1.50. The number of furan rings is 1. The number of hydrogen-bond acceptors (Lipinski definition) is 7. The molecule has 1 atom stereocenters. The fourth-order valence-corrected chi connectivity index (χ4v) is 2.44. The number of nitrogens with zero attached hydrogens (tertiary/aromatic N) is 4. The van der Waals surface area contributed by atoms with Crippen LogP contribution in [0.15, 0.2) is 70.2 Å². The Hall–Kier alpha value is -3.48. The Morgan fingerprint density at radius 2 is 1.96 bits per heavy atom. The number of nitrogens with one attached hydrogen (secondary N) is 1. The van der Waals surface area contributed by atoms with E-state index in [2.05, 4.69) is 32.3 Å². The van der Waals surface area contributed by atoms with Gasteiger partial charge < -0.3 is 14.3 Å². The largest absolute Gasteiger partial charge is 0.459 e. The lowest BCUT2D eigenvalue weighted by molar-refractivity contribution is 0.417. The standard InChI is InChI=1S/C18H15N5O2/c1-12(21-16-11-19-8-9-20-16)13-4-6-14(7-5-13)17-22-18(25-23-17)15-3-2-10-24-15/h2-12H,1H3,(H,20,21). The maximum absolute atomic E-state index is 5.26. The van der Waals surface area contributed by atoms with Crippen molar-refractivity contribution in [3.63, 3.8) is 0 Å². The predicted octanol–water partition coefficient (Wildman–Crippen LogP) is 3.96. The molecule has 0 amide bonds. The summed E-state index contributed by atoms with van der Waals surface area (Å²) in [7, 11) is 0. The lowest BCUT2D eigenvalue weighted by Gasteiger charge is -2.14. The molecule has 7 heteroatoms. The van der Waals surface area contributed by atoms with Gasteiger partial charge in [0.2, 0.25) is 5.82 Å². The van der Waals surface area contributed by atoms with E-state index in [0.717, 1.165) is 16.9 Å². The summed E-state index contributed by atoms with van der Waals surface area (Å²) in [4.78, 5) is 12.6. The van der Waals surface area contributed by atoms with Crippen LogP contribution in [-0.4, -0.2) is 20.1 Å². The van der Waals surface area contributed by atoms with E-state index in [1.165, 1.54) is 0 Å². The minimum atomic E-state index is 0.0923. The first-order valence-corrected chi connectivity index (χ1v) is 7.80. The van der Waals surface area contributed by atoms with Crippen molar-refractivity contribution in [2.45, 2.75) is 13.0 Å². The lowest BCUT2D eigenvalue weighted by Crippen LogP contribution is -2.07. The Kier molecular flexibility index (Phi) is 3.96. The van der Waals surface area contributed by atoms with Crippen LogP contribution in [-0.2, 0) is 0 Å². The highest BCUT2D eigenvalue weighted by atomic mass is 16.5. The van der Waals surface area contributed by atoms with Gasteiger partial charge >= 0.3 is 0 Å². The summed E-state index contributed by atoms with van der Waals surface area (Å²) in [5.74, 6) is 2.17. The molecular weight excluding hydrogens is 318 g/mol. The molecule has 0 spiro atoms. The van der Waals surface area contributed by atoms with Gasteiger partial charge in [0.1, 0.15) is 5.82 Å². The van der Waals surface area contributed by atoms with Crippen molar-refractivity contribution in [2.75, 3.05) is 5.32 Å². The summed E-state index contributed by atoms with van der Waals surface area (Å²) in [5, 5.41) is 7.31. The Morgan fingerprint density at radius 3 is 2.68 bits per heavy atom. The molecule has 1 aromatic carbocycles. The van der Waals surface area contributed by atoms with Crippen molar-refractivity contribution in [1.29, 1.82) is 0 Å². The van der Waals surface area contributed by atoms with Crippen molar-refractivity contribution < 1.29 is 8.94 Å². The van der Waals surface area contributed by atoms with Gasteiger partial charge in [-0.3, -0.25) is 4.98 Å². The Bertz CT molecular complexity index is 933. The Morgan fingerprint density at radius 1 is 1.08 bits per heavy atom. The molecule has 7 nitrogen and oxygen atoms in total. The topological polar surface area (TPSA) is 89.9 Å². The van der Waals surface area contributed by atoms with Gasteiger partial charge in [0.05, 0.1) is 12.5 Å². The minimum Gasteiger partial charge on any atom is -0.459 e. The van der Waals surface area contributed by atoms with Crippen LogP contribution >= 0.6 is 0 Å². The van der Waals surface area contributed by atoms with Gasteiger partial charge in [-0.25, -0.2) is 4.98 Å². The van der Waals surface area contributed by atoms with Crippen molar-refractivity contribution in [2.24, 2.45) is 0 Å². The third kappa shape index (κ3) is 3.25. The van der Waals surface area contributed by atoms with Gasteiger partial charge in [-0.2, -0.15) is 4.98 Å². The van der Waals surface area contributed by atoms with Gasteiger partial charge in [-0.15, -0.1) is 0 Å². The molecule has 4 rings (SSSR count). The van der Waals surface area contributed by atoms with Crippen LogP contribution in [0.3, 0.4) is 0 Å². The van der Waals surface area contributed by atoms with E-state index in [1.807, 2.05) is 24.3 Å². The molecular formula is C18H15N5O2. The van der Waals surface area contributed by atoms with Crippen LogP contribution in [0, 0.1) is 0 Å². The quantitative estimate of drug-likeness (QED) is 0.591. The molecule has 0 bridgehead atoms. The Labute approximate surface area is 143 Å². The first kappa shape index (κ1) is 15.1. The molecule has 0 aliphatic rings. The maximum Gasteiger partial charge on any atom is 0.293 e.